The van der Waals surface area contributed by atoms with E-state index in [0.717, 1.165) is 43.1 Å². The van der Waals surface area contributed by atoms with Crippen LogP contribution in [-0.2, 0) is 4.79 Å². The fraction of sp³-hybridized carbons (Fsp3) is 0.400. The molecule has 0 aliphatic carbocycles. The number of nitrogens with zero attached hydrogens (tertiary/aromatic N) is 5. The summed E-state index contributed by atoms with van der Waals surface area (Å²) in [6.45, 7) is 2.61. The Hall–Kier alpha value is -3.20. The Morgan fingerprint density at radius 3 is 3.03 bits per heavy atom. The maximum Gasteiger partial charge on any atom is 0.228 e. The first kappa shape index (κ1) is 17.9. The zero-order valence-electron chi connectivity index (χ0n) is 16.3. The molecule has 0 saturated carbocycles. The van der Waals surface area contributed by atoms with Crippen molar-refractivity contribution in [1.29, 1.82) is 0 Å². The average molecular weight is 393 g/mol. The summed E-state index contributed by atoms with van der Waals surface area (Å²) in [6, 6.07) is 8.07. The van der Waals surface area contributed by atoms with Gasteiger partial charge in [-0.3, -0.25) is 9.69 Å². The van der Waals surface area contributed by atoms with Gasteiger partial charge in [-0.15, -0.1) is 5.10 Å². The number of amides is 1. The first-order chi connectivity index (χ1) is 14.2. The van der Waals surface area contributed by atoms with Crippen LogP contribution in [0.2, 0.25) is 0 Å². The van der Waals surface area contributed by atoms with Crippen LogP contribution in [-0.4, -0.2) is 58.3 Å². The Balaban J connectivity index is 1.54. The Bertz CT molecular complexity index is 1060. The van der Waals surface area contributed by atoms with Crippen LogP contribution < -0.4 is 20.3 Å². The molecule has 3 aromatic rings. The lowest BCUT2D eigenvalue weighted by Gasteiger charge is -2.18. The second kappa shape index (κ2) is 7.32. The summed E-state index contributed by atoms with van der Waals surface area (Å²) in [6.07, 6.45) is 4.19. The quantitative estimate of drug-likeness (QED) is 0.681. The van der Waals surface area contributed by atoms with E-state index >= 15 is 0 Å². The Morgan fingerprint density at radius 1 is 1.34 bits per heavy atom. The average Bonchev–Trinajstić information content (AvgIpc) is 3.48. The third kappa shape index (κ3) is 3.27. The van der Waals surface area contributed by atoms with Crippen molar-refractivity contribution >= 4 is 23.2 Å². The molecule has 2 fully saturated rings. The van der Waals surface area contributed by atoms with Gasteiger partial charge in [-0.1, -0.05) is 6.07 Å². The van der Waals surface area contributed by atoms with Crippen molar-refractivity contribution < 1.29 is 9.53 Å². The molecule has 0 spiro atoms. The molecule has 5 rings (SSSR count). The lowest BCUT2D eigenvalue weighted by Crippen LogP contribution is -2.26. The van der Waals surface area contributed by atoms with Gasteiger partial charge >= 0.3 is 0 Å². The molecule has 5 heterocycles. The van der Waals surface area contributed by atoms with E-state index in [2.05, 4.69) is 15.6 Å². The highest BCUT2D eigenvalue weighted by Crippen LogP contribution is 2.31. The number of imidazole rings is 1. The lowest BCUT2D eigenvalue weighted by molar-refractivity contribution is -0.117. The molecule has 2 N–H and O–H groups in total. The second-order valence-corrected chi connectivity index (χ2v) is 7.34. The van der Waals surface area contributed by atoms with Gasteiger partial charge in [0.1, 0.15) is 11.5 Å². The molecular formula is C20H23N7O2. The van der Waals surface area contributed by atoms with Gasteiger partial charge in [0.25, 0.3) is 0 Å². The lowest BCUT2D eigenvalue weighted by atomic mass is 10.2. The SMILES string of the molecule is COc1cc2ncc(-c3cccc(NC4CCNC4)n3)n2nc1N1CCCC1=O. The molecule has 1 atom stereocenters. The van der Waals surface area contributed by atoms with E-state index in [1.807, 2.05) is 24.3 Å². The minimum Gasteiger partial charge on any atom is -0.493 e. The molecule has 1 unspecified atom stereocenters. The predicted molar refractivity (Wildman–Crippen MR) is 109 cm³/mol. The molecule has 3 aromatic heterocycles. The normalized spacial score (nSPS) is 19.3. The third-order valence-electron chi connectivity index (χ3n) is 5.41. The van der Waals surface area contributed by atoms with Crippen molar-refractivity contribution in [3.8, 4) is 17.1 Å². The molecule has 0 bridgehead atoms. The number of fused-ring (bicyclic) bond motifs is 1. The summed E-state index contributed by atoms with van der Waals surface area (Å²) in [5.74, 6) is 1.95. The van der Waals surface area contributed by atoms with Crippen LogP contribution >= 0.6 is 0 Å². The van der Waals surface area contributed by atoms with Crippen LogP contribution in [0.5, 0.6) is 5.75 Å². The summed E-state index contributed by atoms with van der Waals surface area (Å²) in [7, 11) is 1.58. The number of pyridine rings is 1. The van der Waals surface area contributed by atoms with Crippen LogP contribution in [0.15, 0.2) is 30.5 Å². The first-order valence-electron chi connectivity index (χ1n) is 9.91. The number of carbonyl (C=O) groups is 1. The standard InChI is InChI=1S/C20H23N7O2/c1-29-16-10-18-22-12-15(27(18)25-20(16)26-9-3-6-19(26)28)14-4-2-5-17(24-14)23-13-7-8-21-11-13/h2,4-5,10,12-13,21H,3,6-9,11H2,1H3,(H,23,24). The van der Waals surface area contributed by atoms with Crippen molar-refractivity contribution in [2.75, 3.05) is 37.0 Å². The number of hydrogen-bond acceptors (Lipinski definition) is 7. The van der Waals surface area contributed by atoms with Crippen LogP contribution in [0.25, 0.3) is 17.0 Å². The summed E-state index contributed by atoms with van der Waals surface area (Å²) in [5.41, 5.74) is 2.18. The fourth-order valence-electron chi connectivity index (χ4n) is 3.92. The van der Waals surface area contributed by atoms with Gasteiger partial charge in [-0.25, -0.2) is 14.5 Å². The van der Waals surface area contributed by atoms with E-state index < -0.39 is 0 Å². The number of anilines is 2. The van der Waals surface area contributed by atoms with Crippen molar-refractivity contribution in [2.24, 2.45) is 0 Å². The van der Waals surface area contributed by atoms with E-state index in [1.165, 1.54) is 0 Å². The van der Waals surface area contributed by atoms with Gasteiger partial charge in [-0.05, 0) is 31.5 Å². The molecular weight excluding hydrogens is 370 g/mol. The number of aromatic nitrogens is 4. The van der Waals surface area contributed by atoms with E-state index in [0.29, 0.717) is 36.2 Å². The monoisotopic (exact) mass is 393 g/mol. The first-order valence-corrected chi connectivity index (χ1v) is 9.91. The topological polar surface area (TPSA) is 96.7 Å². The molecule has 0 aromatic carbocycles. The van der Waals surface area contributed by atoms with Crippen LogP contribution in [0, 0.1) is 0 Å². The number of nitrogens with one attached hydrogen (secondary N) is 2. The van der Waals surface area contributed by atoms with Gasteiger partial charge in [0, 0.05) is 31.6 Å². The molecule has 9 heteroatoms. The molecule has 29 heavy (non-hydrogen) atoms. The molecule has 0 radical (unpaired) electrons. The molecule has 150 valence electrons. The van der Waals surface area contributed by atoms with Crippen molar-refractivity contribution in [3.63, 3.8) is 0 Å². The highest BCUT2D eigenvalue weighted by molar-refractivity contribution is 5.95. The number of ether oxygens (including phenoxy) is 1. The molecule has 2 saturated heterocycles. The smallest absolute Gasteiger partial charge is 0.228 e. The highest BCUT2D eigenvalue weighted by Gasteiger charge is 2.27. The van der Waals surface area contributed by atoms with Crippen molar-refractivity contribution in [1.82, 2.24) is 24.9 Å². The number of methoxy groups -OCH3 is 1. The van der Waals surface area contributed by atoms with Crippen LogP contribution in [0.4, 0.5) is 11.6 Å². The van der Waals surface area contributed by atoms with Gasteiger partial charge in [0.15, 0.2) is 17.2 Å². The maximum atomic E-state index is 12.3. The van der Waals surface area contributed by atoms with Crippen molar-refractivity contribution in [3.05, 3.63) is 30.5 Å². The minimum absolute atomic E-state index is 0.0614. The molecule has 2 aliphatic rings. The number of carbonyl (C=O) groups excluding carboxylic acids is 1. The predicted octanol–water partition coefficient (Wildman–Crippen LogP) is 1.70. The number of rotatable bonds is 5. The molecule has 9 nitrogen and oxygen atoms in total. The largest absolute Gasteiger partial charge is 0.493 e. The Morgan fingerprint density at radius 2 is 2.28 bits per heavy atom. The summed E-state index contributed by atoms with van der Waals surface area (Å²) in [5, 5.41) is 11.5. The fourth-order valence-corrected chi connectivity index (χ4v) is 3.92. The van der Waals surface area contributed by atoms with E-state index in [-0.39, 0.29) is 5.91 Å². The summed E-state index contributed by atoms with van der Waals surface area (Å²) >= 11 is 0. The Kier molecular flexibility index (Phi) is 4.51. The van der Waals surface area contributed by atoms with E-state index in [1.54, 1.807) is 22.7 Å². The van der Waals surface area contributed by atoms with E-state index in [4.69, 9.17) is 14.8 Å². The maximum absolute atomic E-state index is 12.3. The third-order valence-corrected chi connectivity index (χ3v) is 5.41. The zero-order chi connectivity index (χ0) is 19.8. The van der Waals surface area contributed by atoms with Gasteiger partial charge in [-0.2, -0.15) is 0 Å². The van der Waals surface area contributed by atoms with Crippen LogP contribution in [0.3, 0.4) is 0 Å². The zero-order valence-corrected chi connectivity index (χ0v) is 16.3. The van der Waals surface area contributed by atoms with Crippen LogP contribution in [0.1, 0.15) is 19.3 Å². The van der Waals surface area contributed by atoms with Gasteiger partial charge in [0.2, 0.25) is 5.91 Å². The van der Waals surface area contributed by atoms with E-state index in [9.17, 15) is 4.79 Å². The van der Waals surface area contributed by atoms with Gasteiger partial charge in [0.05, 0.1) is 19.0 Å². The number of hydrogen-bond donors (Lipinski definition) is 2. The minimum atomic E-state index is 0.0614. The van der Waals surface area contributed by atoms with Crippen molar-refractivity contribution in [2.45, 2.75) is 25.3 Å². The summed E-state index contributed by atoms with van der Waals surface area (Å²) in [4.78, 5) is 23.2. The second-order valence-electron chi connectivity index (χ2n) is 7.34. The molecule has 1 amide bonds. The Labute approximate surface area is 168 Å². The highest BCUT2D eigenvalue weighted by atomic mass is 16.5. The molecule has 2 aliphatic heterocycles. The summed E-state index contributed by atoms with van der Waals surface area (Å²) < 4.78 is 7.21. The van der Waals surface area contributed by atoms with Gasteiger partial charge < -0.3 is 15.4 Å².